The van der Waals surface area contributed by atoms with E-state index in [-0.39, 0.29) is 24.5 Å². The van der Waals surface area contributed by atoms with Crippen LogP contribution in [0.2, 0.25) is 5.02 Å². The molecule has 8 heteroatoms. The Hall–Kier alpha value is -3.03. The van der Waals surface area contributed by atoms with Crippen LogP contribution in [0.1, 0.15) is 55.2 Å². The highest BCUT2D eigenvalue weighted by atomic mass is 35.5. The first-order chi connectivity index (χ1) is 17.9. The van der Waals surface area contributed by atoms with Crippen molar-refractivity contribution in [3.05, 3.63) is 81.0 Å². The van der Waals surface area contributed by atoms with Gasteiger partial charge < -0.3 is 19.9 Å². The molecule has 4 rings (SSSR count). The van der Waals surface area contributed by atoms with Crippen LogP contribution < -0.4 is 10.1 Å². The predicted octanol–water partition coefficient (Wildman–Crippen LogP) is 6.97. The van der Waals surface area contributed by atoms with Gasteiger partial charge in [-0.15, -0.1) is 11.3 Å². The molecule has 1 atom stereocenters. The highest BCUT2D eigenvalue weighted by molar-refractivity contribution is 7.10. The van der Waals surface area contributed by atoms with Gasteiger partial charge in [0.05, 0.1) is 6.04 Å². The predicted molar refractivity (Wildman–Crippen MR) is 151 cm³/mol. The van der Waals surface area contributed by atoms with Crippen molar-refractivity contribution in [1.29, 1.82) is 0 Å². The lowest BCUT2D eigenvalue weighted by molar-refractivity contribution is -0.135. The third-order valence-corrected chi connectivity index (χ3v) is 7.78. The summed E-state index contributed by atoms with van der Waals surface area (Å²) < 4.78 is 6.18. The Balaban J connectivity index is 1.46. The number of ether oxygens (including phenoxy) is 1. The van der Waals surface area contributed by atoms with Gasteiger partial charge in [0.2, 0.25) is 5.91 Å². The lowest BCUT2D eigenvalue weighted by Crippen LogP contribution is -2.48. The first kappa shape index (κ1) is 27.0. The van der Waals surface area contributed by atoms with Crippen LogP contribution in [0.15, 0.2) is 60.0 Å². The fourth-order valence-electron chi connectivity index (χ4n) is 4.54. The van der Waals surface area contributed by atoms with Gasteiger partial charge in [-0.3, -0.25) is 4.79 Å². The number of nitrogens with zero attached hydrogens (tertiary/aromatic N) is 2. The molecular formula is C29H34ClN3O3S. The summed E-state index contributed by atoms with van der Waals surface area (Å²) >= 11 is 7.78. The second kappa shape index (κ2) is 12.5. The molecule has 2 heterocycles. The second-order valence-electron chi connectivity index (χ2n) is 9.55. The van der Waals surface area contributed by atoms with Crippen LogP contribution in [0.3, 0.4) is 0 Å². The number of hydrogen-bond acceptors (Lipinski definition) is 4. The van der Waals surface area contributed by atoms with Crippen molar-refractivity contribution in [1.82, 2.24) is 9.80 Å². The lowest BCUT2D eigenvalue weighted by Gasteiger charge is -2.37. The van der Waals surface area contributed by atoms with E-state index in [2.05, 4.69) is 42.7 Å². The Morgan fingerprint density at radius 3 is 2.68 bits per heavy atom. The Bertz CT molecular complexity index is 1210. The van der Waals surface area contributed by atoms with E-state index in [9.17, 15) is 9.59 Å². The number of amides is 3. The first-order valence-corrected chi connectivity index (χ1v) is 14.0. The molecule has 1 N–H and O–H groups in total. The van der Waals surface area contributed by atoms with Crippen molar-refractivity contribution in [2.24, 2.45) is 0 Å². The Labute approximate surface area is 228 Å². The van der Waals surface area contributed by atoms with E-state index in [0.29, 0.717) is 36.3 Å². The normalized spacial score (nSPS) is 14.8. The topological polar surface area (TPSA) is 61.9 Å². The quantitative estimate of drug-likeness (QED) is 0.319. The SMILES string of the molecule is CCCN(CC(=O)N1CCc2sccc2C1COc1ccc(C(C)C)cc1)C(=O)Nc1cccc(Cl)c1. The Morgan fingerprint density at radius 1 is 1.19 bits per heavy atom. The molecule has 1 aromatic heterocycles. The molecule has 2 aromatic carbocycles. The van der Waals surface area contributed by atoms with Crippen molar-refractivity contribution in [2.45, 2.75) is 45.6 Å². The zero-order valence-corrected chi connectivity index (χ0v) is 23.1. The summed E-state index contributed by atoms with van der Waals surface area (Å²) in [6, 6.07) is 16.7. The molecule has 0 fully saturated rings. The van der Waals surface area contributed by atoms with E-state index in [4.69, 9.17) is 16.3 Å². The summed E-state index contributed by atoms with van der Waals surface area (Å²) in [5.41, 5.74) is 2.99. The summed E-state index contributed by atoms with van der Waals surface area (Å²) in [7, 11) is 0. The highest BCUT2D eigenvalue weighted by Gasteiger charge is 2.33. The summed E-state index contributed by atoms with van der Waals surface area (Å²) in [5.74, 6) is 1.15. The monoisotopic (exact) mass is 539 g/mol. The molecule has 3 amide bonds. The van der Waals surface area contributed by atoms with E-state index >= 15 is 0 Å². The number of rotatable bonds is 9. The van der Waals surface area contributed by atoms with Crippen molar-refractivity contribution < 1.29 is 14.3 Å². The van der Waals surface area contributed by atoms with Crippen molar-refractivity contribution >= 4 is 40.6 Å². The average Bonchev–Trinajstić information content (AvgIpc) is 3.36. The van der Waals surface area contributed by atoms with Crippen LogP contribution in [-0.2, 0) is 11.2 Å². The van der Waals surface area contributed by atoms with E-state index in [1.807, 2.05) is 24.0 Å². The van der Waals surface area contributed by atoms with Gasteiger partial charge in [0.25, 0.3) is 0 Å². The first-order valence-electron chi connectivity index (χ1n) is 12.8. The van der Waals surface area contributed by atoms with Crippen molar-refractivity contribution in [3.8, 4) is 5.75 Å². The van der Waals surface area contributed by atoms with Gasteiger partial charge in [-0.2, -0.15) is 0 Å². The van der Waals surface area contributed by atoms with Crippen LogP contribution in [0, 0.1) is 0 Å². The van der Waals surface area contributed by atoms with Crippen LogP contribution in [0.4, 0.5) is 10.5 Å². The summed E-state index contributed by atoms with van der Waals surface area (Å²) in [5, 5.41) is 5.48. The minimum atomic E-state index is -0.316. The molecule has 3 aromatic rings. The number of thiophene rings is 1. The van der Waals surface area contributed by atoms with E-state index in [1.54, 1.807) is 40.5 Å². The third kappa shape index (κ3) is 6.84. The average molecular weight is 540 g/mol. The number of urea groups is 1. The lowest BCUT2D eigenvalue weighted by atomic mass is 10.00. The number of anilines is 1. The molecule has 0 saturated heterocycles. The standard InChI is InChI=1S/C29H34ClN3O3S/c1-4-14-32(29(35)31-23-7-5-6-22(30)17-23)18-28(34)33-15-12-27-25(13-16-37-27)26(33)19-36-24-10-8-21(9-11-24)20(2)3/h5-11,13,16-17,20,26H,4,12,14-15,18-19H2,1-3H3,(H,31,35). The van der Waals surface area contributed by atoms with E-state index in [1.165, 1.54) is 10.4 Å². The molecule has 0 saturated carbocycles. The number of fused-ring (bicyclic) bond motifs is 1. The van der Waals surface area contributed by atoms with E-state index < -0.39 is 0 Å². The summed E-state index contributed by atoms with van der Waals surface area (Å²) in [6.07, 6.45) is 1.55. The molecule has 1 aliphatic heterocycles. The largest absolute Gasteiger partial charge is 0.491 e. The van der Waals surface area contributed by atoms with Crippen LogP contribution in [0.5, 0.6) is 5.75 Å². The second-order valence-corrected chi connectivity index (χ2v) is 11.0. The Kier molecular flexibility index (Phi) is 9.11. The molecule has 0 spiro atoms. The minimum absolute atomic E-state index is 0.000699. The molecule has 0 radical (unpaired) electrons. The molecule has 1 aliphatic rings. The molecule has 196 valence electrons. The minimum Gasteiger partial charge on any atom is -0.491 e. The van der Waals surface area contributed by atoms with Gasteiger partial charge in [0.15, 0.2) is 0 Å². The van der Waals surface area contributed by atoms with Crippen LogP contribution in [-0.4, -0.2) is 48.0 Å². The van der Waals surface area contributed by atoms with Gasteiger partial charge >= 0.3 is 6.03 Å². The maximum Gasteiger partial charge on any atom is 0.322 e. The smallest absolute Gasteiger partial charge is 0.322 e. The number of nitrogens with one attached hydrogen (secondary N) is 1. The van der Waals surface area contributed by atoms with Gasteiger partial charge in [0.1, 0.15) is 18.9 Å². The number of carbonyl (C=O) groups excluding carboxylic acids is 2. The van der Waals surface area contributed by atoms with Gasteiger partial charge in [-0.1, -0.05) is 50.6 Å². The van der Waals surface area contributed by atoms with Gasteiger partial charge in [-0.25, -0.2) is 4.79 Å². The number of halogens is 1. The number of hydrogen-bond donors (Lipinski definition) is 1. The fourth-order valence-corrected chi connectivity index (χ4v) is 5.66. The third-order valence-electron chi connectivity index (χ3n) is 6.55. The van der Waals surface area contributed by atoms with Crippen molar-refractivity contribution in [2.75, 3.05) is 31.6 Å². The fraction of sp³-hybridized carbons (Fsp3) is 0.379. The van der Waals surface area contributed by atoms with Gasteiger partial charge in [-0.05, 0) is 71.7 Å². The molecule has 6 nitrogen and oxygen atoms in total. The number of benzene rings is 2. The number of carbonyl (C=O) groups is 2. The zero-order valence-electron chi connectivity index (χ0n) is 21.6. The summed E-state index contributed by atoms with van der Waals surface area (Å²) in [6.45, 7) is 7.75. The maximum absolute atomic E-state index is 13.6. The Morgan fingerprint density at radius 2 is 1.97 bits per heavy atom. The van der Waals surface area contributed by atoms with Crippen LogP contribution >= 0.6 is 22.9 Å². The van der Waals surface area contributed by atoms with Crippen LogP contribution in [0.25, 0.3) is 0 Å². The van der Waals surface area contributed by atoms with Crippen molar-refractivity contribution in [3.63, 3.8) is 0 Å². The highest BCUT2D eigenvalue weighted by Crippen LogP contribution is 2.34. The van der Waals surface area contributed by atoms with E-state index in [0.717, 1.165) is 24.2 Å². The molecule has 37 heavy (non-hydrogen) atoms. The molecule has 0 aliphatic carbocycles. The summed E-state index contributed by atoms with van der Waals surface area (Å²) in [4.78, 5) is 31.4. The van der Waals surface area contributed by atoms with Gasteiger partial charge in [0, 0.05) is 28.7 Å². The zero-order chi connectivity index (χ0) is 26.4. The molecule has 0 bridgehead atoms. The maximum atomic E-state index is 13.6. The molecule has 1 unspecified atom stereocenters. The molecular weight excluding hydrogens is 506 g/mol.